The summed E-state index contributed by atoms with van der Waals surface area (Å²) in [6.07, 6.45) is 0. The van der Waals surface area contributed by atoms with E-state index in [4.69, 9.17) is 5.73 Å². The van der Waals surface area contributed by atoms with Crippen LogP contribution in [0.25, 0.3) is 0 Å². The van der Waals surface area contributed by atoms with Crippen LogP contribution in [0.3, 0.4) is 0 Å². The van der Waals surface area contributed by atoms with Crippen molar-refractivity contribution in [2.24, 2.45) is 5.73 Å². The van der Waals surface area contributed by atoms with Crippen LogP contribution < -0.4 is 10.5 Å². The van der Waals surface area contributed by atoms with Gasteiger partial charge >= 0.3 is 0 Å². The highest BCUT2D eigenvalue weighted by molar-refractivity contribution is 7.92. The number of halogens is 1. The predicted octanol–water partition coefficient (Wildman–Crippen LogP) is 1.73. The lowest BCUT2D eigenvalue weighted by Gasteiger charge is -2.11. The summed E-state index contributed by atoms with van der Waals surface area (Å²) >= 11 is 0. The van der Waals surface area contributed by atoms with Crippen molar-refractivity contribution in [3.8, 4) is 0 Å². The zero-order valence-electron chi connectivity index (χ0n) is 10.2. The first-order valence-corrected chi connectivity index (χ1v) is 7.06. The van der Waals surface area contributed by atoms with Crippen LogP contribution in [0.4, 0.5) is 10.1 Å². The van der Waals surface area contributed by atoms with Crippen LogP contribution in [0.15, 0.2) is 53.4 Å². The maximum Gasteiger partial charge on any atom is 0.264 e. The van der Waals surface area contributed by atoms with Crippen molar-refractivity contribution in [2.75, 3.05) is 4.72 Å². The highest BCUT2D eigenvalue weighted by atomic mass is 32.2. The third-order valence-electron chi connectivity index (χ3n) is 2.56. The zero-order valence-corrected chi connectivity index (χ0v) is 11.0. The van der Waals surface area contributed by atoms with Crippen LogP contribution >= 0.6 is 0 Å². The Morgan fingerprint density at radius 1 is 1.05 bits per heavy atom. The number of anilines is 1. The number of carbonyl (C=O) groups is 1. The number of nitrogens with one attached hydrogen (secondary N) is 1. The third kappa shape index (κ3) is 2.77. The van der Waals surface area contributed by atoms with E-state index in [1.807, 2.05) is 0 Å². The maximum atomic E-state index is 13.5. The number of sulfonamides is 1. The minimum Gasteiger partial charge on any atom is -0.366 e. The molecule has 2 aromatic carbocycles. The molecule has 104 valence electrons. The van der Waals surface area contributed by atoms with Gasteiger partial charge < -0.3 is 5.73 Å². The van der Waals surface area contributed by atoms with Crippen molar-refractivity contribution >= 4 is 21.6 Å². The summed E-state index contributed by atoms with van der Waals surface area (Å²) < 4.78 is 39.9. The monoisotopic (exact) mass is 294 g/mol. The summed E-state index contributed by atoms with van der Waals surface area (Å²) in [6, 6.07) is 10.8. The maximum absolute atomic E-state index is 13.5. The number of amides is 1. The standard InChI is InChI=1S/C13H11FN2O3S/c14-10-6-2-4-8-12(10)20(18,19)16-11-7-3-1-5-9(11)13(15)17/h1-8,16H,(H2,15,17). The number of hydrogen-bond donors (Lipinski definition) is 2. The Balaban J connectivity index is 2.45. The Bertz CT molecular complexity index is 760. The number of primary amides is 1. The first-order valence-electron chi connectivity index (χ1n) is 5.58. The molecule has 0 saturated carbocycles. The zero-order chi connectivity index (χ0) is 14.8. The average molecular weight is 294 g/mol. The minimum atomic E-state index is -4.13. The van der Waals surface area contributed by atoms with Crippen molar-refractivity contribution in [1.29, 1.82) is 0 Å². The lowest BCUT2D eigenvalue weighted by atomic mass is 10.2. The number of nitrogens with two attached hydrogens (primary N) is 1. The van der Waals surface area contributed by atoms with Crippen LogP contribution in [-0.4, -0.2) is 14.3 Å². The van der Waals surface area contributed by atoms with Gasteiger partial charge in [0.15, 0.2) is 0 Å². The molecule has 0 heterocycles. The second-order valence-electron chi connectivity index (χ2n) is 3.95. The van der Waals surface area contributed by atoms with E-state index in [9.17, 15) is 17.6 Å². The molecule has 20 heavy (non-hydrogen) atoms. The molecule has 0 aliphatic heterocycles. The van der Waals surface area contributed by atoms with E-state index >= 15 is 0 Å². The molecule has 0 aromatic heterocycles. The lowest BCUT2D eigenvalue weighted by Crippen LogP contribution is -2.19. The average Bonchev–Trinajstić information content (AvgIpc) is 2.39. The lowest BCUT2D eigenvalue weighted by molar-refractivity contribution is 0.100. The van der Waals surface area contributed by atoms with Crippen molar-refractivity contribution in [1.82, 2.24) is 0 Å². The van der Waals surface area contributed by atoms with Crippen molar-refractivity contribution in [2.45, 2.75) is 4.90 Å². The van der Waals surface area contributed by atoms with Crippen molar-refractivity contribution in [3.05, 3.63) is 59.9 Å². The van der Waals surface area contributed by atoms with Gasteiger partial charge in [0.05, 0.1) is 11.3 Å². The molecule has 0 unspecified atom stereocenters. The fourth-order valence-electron chi connectivity index (χ4n) is 1.65. The van der Waals surface area contributed by atoms with E-state index in [2.05, 4.69) is 4.72 Å². The fraction of sp³-hybridized carbons (Fsp3) is 0. The molecule has 0 spiro atoms. The van der Waals surface area contributed by atoms with Crippen LogP contribution in [0, 0.1) is 5.82 Å². The summed E-state index contributed by atoms with van der Waals surface area (Å²) in [5.74, 6) is -1.66. The third-order valence-corrected chi connectivity index (χ3v) is 3.96. The van der Waals surface area contributed by atoms with Gasteiger partial charge in [-0.1, -0.05) is 24.3 Å². The Kier molecular flexibility index (Phi) is 3.71. The molecule has 0 fully saturated rings. The summed E-state index contributed by atoms with van der Waals surface area (Å²) in [7, 11) is -4.13. The van der Waals surface area contributed by atoms with Gasteiger partial charge in [0.2, 0.25) is 0 Å². The van der Waals surface area contributed by atoms with Gasteiger partial charge in [-0.05, 0) is 24.3 Å². The van der Waals surface area contributed by atoms with E-state index in [0.29, 0.717) is 0 Å². The summed E-state index contributed by atoms with van der Waals surface area (Å²) in [5, 5.41) is 0. The summed E-state index contributed by atoms with van der Waals surface area (Å²) in [6.45, 7) is 0. The molecular formula is C13H11FN2O3S. The summed E-state index contributed by atoms with van der Waals surface area (Å²) in [4.78, 5) is 10.7. The van der Waals surface area contributed by atoms with Crippen LogP contribution in [0.2, 0.25) is 0 Å². The highest BCUT2D eigenvalue weighted by Gasteiger charge is 2.20. The Morgan fingerprint density at radius 2 is 1.65 bits per heavy atom. The van der Waals surface area contributed by atoms with Gasteiger partial charge in [0.1, 0.15) is 10.7 Å². The van der Waals surface area contributed by atoms with Crippen LogP contribution in [0.1, 0.15) is 10.4 Å². The van der Waals surface area contributed by atoms with E-state index in [1.165, 1.54) is 30.3 Å². The molecule has 0 aliphatic rings. The number of carbonyl (C=O) groups excluding carboxylic acids is 1. The molecule has 0 atom stereocenters. The number of hydrogen-bond acceptors (Lipinski definition) is 3. The molecule has 0 bridgehead atoms. The summed E-state index contributed by atoms with van der Waals surface area (Å²) in [5.41, 5.74) is 5.16. The first-order chi connectivity index (χ1) is 9.42. The van der Waals surface area contributed by atoms with Gasteiger partial charge in [-0.15, -0.1) is 0 Å². The smallest absolute Gasteiger partial charge is 0.264 e. The number of rotatable bonds is 4. The molecule has 5 nitrogen and oxygen atoms in total. The van der Waals surface area contributed by atoms with Crippen LogP contribution in [-0.2, 0) is 10.0 Å². The highest BCUT2D eigenvalue weighted by Crippen LogP contribution is 2.21. The second-order valence-corrected chi connectivity index (χ2v) is 5.60. The molecule has 0 aliphatic carbocycles. The van der Waals surface area contributed by atoms with Gasteiger partial charge in [0, 0.05) is 0 Å². The molecule has 7 heteroatoms. The normalized spacial score (nSPS) is 11.1. The van der Waals surface area contributed by atoms with Crippen LogP contribution in [0.5, 0.6) is 0 Å². The van der Waals surface area contributed by atoms with E-state index < -0.39 is 26.6 Å². The quantitative estimate of drug-likeness (QED) is 0.899. The Labute approximate surface area is 115 Å². The SMILES string of the molecule is NC(=O)c1ccccc1NS(=O)(=O)c1ccccc1F. The molecule has 2 rings (SSSR count). The topological polar surface area (TPSA) is 89.3 Å². The number of para-hydroxylation sites is 1. The molecule has 1 amide bonds. The van der Waals surface area contributed by atoms with Gasteiger partial charge in [-0.3, -0.25) is 9.52 Å². The molecule has 3 N–H and O–H groups in total. The van der Waals surface area contributed by atoms with Crippen molar-refractivity contribution < 1.29 is 17.6 Å². The second kappa shape index (κ2) is 5.30. The number of benzene rings is 2. The van der Waals surface area contributed by atoms with Gasteiger partial charge in [-0.2, -0.15) is 0 Å². The first kappa shape index (κ1) is 14.0. The van der Waals surface area contributed by atoms with E-state index in [0.717, 1.165) is 12.1 Å². The largest absolute Gasteiger partial charge is 0.366 e. The van der Waals surface area contributed by atoms with E-state index in [1.54, 1.807) is 6.07 Å². The van der Waals surface area contributed by atoms with E-state index in [-0.39, 0.29) is 11.3 Å². The molecule has 0 radical (unpaired) electrons. The Hall–Kier alpha value is -2.41. The molecule has 2 aromatic rings. The molecular weight excluding hydrogens is 283 g/mol. The fourth-order valence-corrected chi connectivity index (χ4v) is 2.81. The Morgan fingerprint density at radius 3 is 2.30 bits per heavy atom. The van der Waals surface area contributed by atoms with Crippen molar-refractivity contribution in [3.63, 3.8) is 0 Å². The van der Waals surface area contributed by atoms with Gasteiger partial charge in [-0.25, -0.2) is 12.8 Å². The minimum absolute atomic E-state index is 0.00301. The molecule has 0 saturated heterocycles. The predicted molar refractivity (Wildman–Crippen MR) is 72.2 cm³/mol. The van der Waals surface area contributed by atoms with Gasteiger partial charge in [0.25, 0.3) is 15.9 Å².